The summed E-state index contributed by atoms with van der Waals surface area (Å²) in [4.78, 5) is 3.86. The number of aromatic nitrogens is 1. The van der Waals surface area contributed by atoms with Crippen LogP contribution < -0.4 is 5.73 Å². The van der Waals surface area contributed by atoms with Gasteiger partial charge in [0, 0.05) is 18.2 Å². The lowest BCUT2D eigenvalue weighted by molar-refractivity contribution is 0.172. The van der Waals surface area contributed by atoms with Crippen LogP contribution in [-0.4, -0.2) is 10.1 Å². The Balaban J connectivity index is 2.25. The SMILES string of the molecule is Nc1ncccc1CC(O)c1cccc(F)c1F. The van der Waals surface area contributed by atoms with Gasteiger partial charge >= 0.3 is 0 Å². The van der Waals surface area contributed by atoms with Gasteiger partial charge in [0.25, 0.3) is 0 Å². The summed E-state index contributed by atoms with van der Waals surface area (Å²) < 4.78 is 26.5. The van der Waals surface area contributed by atoms with Gasteiger partial charge in [0.1, 0.15) is 5.82 Å². The third-order valence-corrected chi connectivity index (χ3v) is 2.68. The summed E-state index contributed by atoms with van der Waals surface area (Å²) >= 11 is 0. The average molecular weight is 250 g/mol. The number of rotatable bonds is 3. The van der Waals surface area contributed by atoms with Crippen LogP contribution in [0.25, 0.3) is 0 Å². The van der Waals surface area contributed by atoms with E-state index in [-0.39, 0.29) is 17.8 Å². The lowest BCUT2D eigenvalue weighted by atomic mass is 10.0. The van der Waals surface area contributed by atoms with Crippen LogP contribution in [-0.2, 0) is 6.42 Å². The van der Waals surface area contributed by atoms with Crippen LogP contribution >= 0.6 is 0 Å². The van der Waals surface area contributed by atoms with Gasteiger partial charge in [0.2, 0.25) is 0 Å². The molecule has 94 valence electrons. The zero-order valence-corrected chi connectivity index (χ0v) is 9.48. The van der Waals surface area contributed by atoms with Crippen molar-refractivity contribution in [2.24, 2.45) is 0 Å². The molecule has 0 aliphatic rings. The third-order valence-electron chi connectivity index (χ3n) is 2.68. The van der Waals surface area contributed by atoms with Crippen molar-refractivity contribution in [2.45, 2.75) is 12.5 Å². The van der Waals surface area contributed by atoms with Gasteiger partial charge in [-0.25, -0.2) is 13.8 Å². The second-order valence-corrected chi connectivity index (χ2v) is 3.91. The molecule has 0 saturated heterocycles. The number of nitrogens with two attached hydrogens (primary N) is 1. The summed E-state index contributed by atoms with van der Waals surface area (Å²) in [6.45, 7) is 0. The van der Waals surface area contributed by atoms with Crippen LogP contribution in [0, 0.1) is 11.6 Å². The molecule has 1 unspecified atom stereocenters. The minimum atomic E-state index is -1.16. The molecule has 0 saturated carbocycles. The van der Waals surface area contributed by atoms with Gasteiger partial charge in [0.15, 0.2) is 11.6 Å². The van der Waals surface area contributed by atoms with E-state index in [1.165, 1.54) is 18.3 Å². The summed E-state index contributed by atoms with van der Waals surface area (Å²) in [5.41, 5.74) is 6.13. The van der Waals surface area contributed by atoms with Gasteiger partial charge in [-0.15, -0.1) is 0 Å². The van der Waals surface area contributed by atoms with Gasteiger partial charge in [-0.05, 0) is 17.7 Å². The van der Waals surface area contributed by atoms with E-state index < -0.39 is 17.7 Å². The number of anilines is 1. The summed E-state index contributed by atoms with van der Waals surface area (Å²) in [5.74, 6) is -1.74. The highest BCUT2D eigenvalue weighted by Gasteiger charge is 2.17. The van der Waals surface area contributed by atoms with Crippen LogP contribution in [0.15, 0.2) is 36.5 Å². The zero-order chi connectivity index (χ0) is 13.1. The first-order chi connectivity index (χ1) is 8.59. The fourth-order valence-corrected chi connectivity index (χ4v) is 1.72. The van der Waals surface area contributed by atoms with Crippen molar-refractivity contribution in [3.8, 4) is 0 Å². The summed E-state index contributed by atoms with van der Waals surface area (Å²) in [6, 6.07) is 7.05. The van der Waals surface area contributed by atoms with Crippen molar-refractivity contribution < 1.29 is 13.9 Å². The average Bonchev–Trinajstić information content (AvgIpc) is 2.35. The van der Waals surface area contributed by atoms with Crippen LogP contribution in [0.3, 0.4) is 0 Å². The molecule has 0 spiro atoms. The fourth-order valence-electron chi connectivity index (χ4n) is 1.72. The summed E-state index contributed by atoms with van der Waals surface area (Å²) in [5, 5.41) is 9.91. The number of hydrogen-bond acceptors (Lipinski definition) is 3. The Kier molecular flexibility index (Phi) is 3.53. The number of halogens is 2. The fraction of sp³-hybridized carbons (Fsp3) is 0.154. The highest BCUT2D eigenvalue weighted by Crippen LogP contribution is 2.24. The highest BCUT2D eigenvalue weighted by atomic mass is 19.2. The van der Waals surface area contributed by atoms with Crippen LogP contribution in [0.5, 0.6) is 0 Å². The molecular weight excluding hydrogens is 238 g/mol. The molecule has 2 rings (SSSR count). The molecule has 1 aromatic carbocycles. The maximum atomic E-state index is 13.5. The maximum Gasteiger partial charge on any atom is 0.164 e. The van der Waals surface area contributed by atoms with Gasteiger partial charge in [0.05, 0.1) is 6.10 Å². The van der Waals surface area contributed by atoms with E-state index in [2.05, 4.69) is 4.98 Å². The Morgan fingerprint density at radius 1 is 1.22 bits per heavy atom. The molecule has 2 aromatic rings. The molecule has 1 atom stereocenters. The largest absolute Gasteiger partial charge is 0.388 e. The predicted molar refractivity (Wildman–Crippen MR) is 63.7 cm³/mol. The van der Waals surface area contributed by atoms with E-state index >= 15 is 0 Å². The predicted octanol–water partition coefficient (Wildman–Crippen LogP) is 2.22. The molecule has 3 N–H and O–H groups in total. The number of nitrogen functional groups attached to an aromatic ring is 1. The molecule has 3 nitrogen and oxygen atoms in total. The van der Waals surface area contributed by atoms with Crippen molar-refractivity contribution in [1.82, 2.24) is 4.98 Å². The number of aliphatic hydroxyl groups is 1. The Morgan fingerprint density at radius 3 is 2.72 bits per heavy atom. The molecule has 1 aromatic heterocycles. The van der Waals surface area contributed by atoms with Crippen molar-refractivity contribution in [3.05, 3.63) is 59.3 Å². The number of hydrogen-bond donors (Lipinski definition) is 2. The first-order valence-electron chi connectivity index (χ1n) is 5.41. The molecular formula is C13H12F2N2O. The number of benzene rings is 1. The second-order valence-electron chi connectivity index (χ2n) is 3.91. The van der Waals surface area contributed by atoms with Gasteiger partial charge in [-0.3, -0.25) is 0 Å². The molecule has 1 heterocycles. The molecule has 0 amide bonds. The second kappa shape index (κ2) is 5.10. The highest BCUT2D eigenvalue weighted by molar-refractivity contribution is 5.39. The molecule has 18 heavy (non-hydrogen) atoms. The number of nitrogens with zero attached hydrogens (tertiary/aromatic N) is 1. The molecule has 0 bridgehead atoms. The Labute approximate surface area is 103 Å². The van der Waals surface area contributed by atoms with Crippen molar-refractivity contribution in [1.29, 1.82) is 0 Å². The molecule has 0 radical (unpaired) electrons. The van der Waals surface area contributed by atoms with E-state index in [1.807, 2.05) is 0 Å². The molecule has 0 aliphatic heterocycles. The van der Waals surface area contributed by atoms with Gasteiger partial charge in [-0.2, -0.15) is 0 Å². The van der Waals surface area contributed by atoms with Crippen molar-refractivity contribution in [3.63, 3.8) is 0 Å². The van der Waals surface area contributed by atoms with E-state index in [9.17, 15) is 13.9 Å². The number of pyridine rings is 1. The zero-order valence-electron chi connectivity index (χ0n) is 9.48. The van der Waals surface area contributed by atoms with Crippen LogP contribution in [0.2, 0.25) is 0 Å². The lowest BCUT2D eigenvalue weighted by Crippen LogP contribution is -2.08. The molecule has 0 fully saturated rings. The number of aliphatic hydroxyl groups excluding tert-OH is 1. The van der Waals surface area contributed by atoms with Crippen LogP contribution in [0.4, 0.5) is 14.6 Å². The third kappa shape index (κ3) is 2.46. The Hall–Kier alpha value is -2.01. The Bertz CT molecular complexity index is 560. The van der Waals surface area contributed by atoms with E-state index in [1.54, 1.807) is 12.1 Å². The van der Waals surface area contributed by atoms with E-state index in [0.29, 0.717) is 5.56 Å². The minimum absolute atomic E-state index is 0.0834. The standard InChI is InChI=1S/C13H12F2N2O/c14-10-5-1-4-9(12(10)15)11(18)7-8-3-2-6-17-13(8)16/h1-6,11,18H,7H2,(H2,16,17). The summed E-state index contributed by atoms with van der Waals surface area (Å²) in [7, 11) is 0. The Morgan fingerprint density at radius 2 is 2.00 bits per heavy atom. The van der Waals surface area contributed by atoms with Gasteiger partial charge < -0.3 is 10.8 Å². The maximum absolute atomic E-state index is 13.5. The minimum Gasteiger partial charge on any atom is -0.388 e. The van der Waals surface area contributed by atoms with Crippen molar-refractivity contribution >= 4 is 5.82 Å². The molecule has 0 aliphatic carbocycles. The monoisotopic (exact) mass is 250 g/mol. The van der Waals surface area contributed by atoms with Crippen LogP contribution in [0.1, 0.15) is 17.2 Å². The quantitative estimate of drug-likeness (QED) is 0.878. The van der Waals surface area contributed by atoms with Crippen molar-refractivity contribution in [2.75, 3.05) is 5.73 Å². The van der Waals surface area contributed by atoms with E-state index in [4.69, 9.17) is 5.73 Å². The first-order valence-corrected chi connectivity index (χ1v) is 5.41. The van der Waals surface area contributed by atoms with Gasteiger partial charge in [-0.1, -0.05) is 18.2 Å². The normalized spacial score (nSPS) is 12.4. The van der Waals surface area contributed by atoms with E-state index in [0.717, 1.165) is 6.07 Å². The first kappa shape index (κ1) is 12.4. The topological polar surface area (TPSA) is 59.1 Å². The lowest BCUT2D eigenvalue weighted by Gasteiger charge is -2.13. The summed E-state index contributed by atoms with van der Waals surface area (Å²) in [6.07, 6.45) is 0.445. The smallest absolute Gasteiger partial charge is 0.164 e. The molecule has 5 heteroatoms.